The minimum atomic E-state index is 0.0827. The van der Waals surface area contributed by atoms with Crippen molar-refractivity contribution in [3.8, 4) is 0 Å². The van der Waals surface area contributed by atoms with E-state index in [0.29, 0.717) is 5.91 Å². The second-order valence-corrected chi connectivity index (χ2v) is 5.61. The molecule has 5 nitrogen and oxygen atoms in total. The molecule has 21 heavy (non-hydrogen) atoms. The van der Waals surface area contributed by atoms with Crippen molar-refractivity contribution in [2.75, 3.05) is 31.1 Å². The van der Waals surface area contributed by atoms with Crippen LogP contribution in [0.15, 0.2) is 18.5 Å². The van der Waals surface area contributed by atoms with Crippen LogP contribution < -0.4 is 4.90 Å². The summed E-state index contributed by atoms with van der Waals surface area (Å²) in [6.07, 6.45) is 7.72. The topological polar surface area (TPSA) is 49.3 Å². The van der Waals surface area contributed by atoms with Gasteiger partial charge in [0.05, 0.1) is 5.92 Å². The smallest absolute Gasteiger partial charge is 0.227 e. The molecule has 0 radical (unpaired) electrons. The molecule has 0 aliphatic carbocycles. The Labute approximate surface area is 127 Å². The van der Waals surface area contributed by atoms with Gasteiger partial charge in [-0.15, -0.1) is 0 Å². The molecule has 0 spiro atoms. The van der Waals surface area contributed by atoms with Gasteiger partial charge in [0, 0.05) is 38.6 Å². The van der Waals surface area contributed by atoms with Crippen LogP contribution in [-0.4, -0.2) is 47.0 Å². The molecule has 1 atom stereocenters. The molecule has 1 aromatic heterocycles. The highest BCUT2D eigenvalue weighted by Crippen LogP contribution is 2.22. The molecular weight excluding hydrogens is 264 g/mol. The lowest BCUT2D eigenvalue weighted by Crippen LogP contribution is -2.45. The summed E-state index contributed by atoms with van der Waals surface area (Å²) in [6.45, 7) is 7.59. The molecule has 2 heterocycles. The van der Waals surface area contributed by atoms with Gasteiger partial charge in [0.15, 0.2) is 0 Å². The lowest BCUT2D eigenvalue weighted by molar-refractivity contribution is -0.135. The molecule has 116 valence electrons. The minimum absolute atomic E-state index is 0.0827. The Hall–Kier alpha value is -1.65. The van der Waals surface area contributed by atoms with Gasteiger partial charge in [0.2, 0.25) is 11.9 Å². The number of hydrogen-bond donors (Lipinski definition) is 0. The van der Waals surface area contributed by atoms with E-state index in [1.165, 1.54) is 0 Å². The number of amides is 1. The maximum Gasteiger partial charge on any atom is 0.227 e. The summed E-state index contributed by atoms with van der Waals surface area (Å²) >= 11 is 0. The molecule has 1 aliphatic rings. The zero-order chi connectivity index (χ0) is 15.1. The average Bonchev–Trinajstić information content (AvgIpc) is 2.56. The monoisotopic (exact) mass is 290 g/mol. The molecule has 0 N–H and O–H groups in total. The second kappa shape index (κ2) is 7.96. The van der Waals surface area contributed by atoms with Crippen molar-refractivity contribution in [1.29, 1.82) is 0 Å². The predicted octanol–water partition coefficient (Wildman–Crippen LogP) is 2.34. The van der Waals surface area contributed by atoms with Gasteiger partial charge in [-0.25, -0.2) is 9.97 Å². The van der Waals surface area contributed by atoms with Crippen LogP contribution in [0.2, 0.25) is 0 Å². The average molecular weight is 290 g/mol. The Balaban J connectivity index is 1.98. The van der Waals surface area contributed by atoms with Crippen molar-refractivity contribution >= 4 is 11.9 Å². The maximum absolute atomic E-state index is 12.7. The first-order valence-corrected chi connectivity index (χ1v) is 8.07. The summed E-state index contributed by atoms with van der Waals surface area (Å²) < 4.78 is 0. The first-order valence-electron chi connectivity index (χ1n) is 8.07. The molecule has 5 heteroatoms. The molecule has 1 fully saturated rings. The van der Waals surface area contributed by atoms with E-state index in [4.69, 9.17) is 0 Å². The van der Waals surface area contributed by atoms with E-state index in [9.17, 15) is 4.79 Å². The van der Waals surface area contributed by atoms with Crippen LogP contribution in [0.1, 0.15) is 39.5 Å². The van der Waals surface area contributed by atoms with Gasteiger partial charge >= 0.3 is 0 Å². The summed E-state index contributed by atoms with van der Waals surface area (Å²) in [5.74, 6) is 1.12. The molecule has 0 bridgehead atoms. The van der Waals surface area contributed by atoms with E-state index in [0.717, 1.165) is 57.8 Å². The van der Waals surface area contributed by atoms with Crippen LogP contribution in [0.25, 0.3) is 0 Å². The van der Waals surface area contributed by atoms with Crippen molar-refractivity contribution in [3.63, 3.8) is 0 Å². The Kier molecular flexibility index (Phi) is 5.96. The van der Waals surface area contributed by atoms with Gasteiger partial charge in [0.1, 0.15) is 0 Å². The number of piperidine rings is 1. The van der Waals surface area contributed by atoms with Crippen LogP contribution >= 0.6 is 0 Å². The summed E-state index contributed by atoms with van der Waals surface area (Å²) in [5, 5.41) is 0. The van der Waals surface area contributed by atoms with Crippen molar-refractivity contribution in [2.24, 2.45) is 5.92 Å². The van der Waals surface area contributed by atoms with Gasteiger partial charge < -0.3 is 9.80 Å². The molecule has 0 aromatic carbocycles. The first kappa shape index (κ1) is 15.7. The maximum atomic E-state index is 12.7. The third-order valence-electron chi connectivity index (χ3n) is 4.08. The first-order chi connectivity index (χ1) is 10.3. The highest BCUT2D eigenvalue weighted by Gasteiger charge is 2.29. The number of carbonyl (C=O) groups excluding carboxylic acids is 1. The predicted molar refractivity (Wildman–Crippen MR) is 84.1 cm³/mol. The van der Waals surface area contributed by atoms with Gasteiger partial charge in [0.25, 0.3) is 0 Å². The zero-order valence-electron chi connectivity index (χ0n) is 13.2. The Morgan fingerprint density at radius 1 is 1.38 bits per heavy atom. The van der Waals surface area contributed by atoms with Crippen molar-refractivity contribution < 1.29 is 4.79 Å². The molecule has 1 unspecified atom stereocenters. The Bertz CT molecular complexity index is 437. The summed E-state index contributed by atoms with van der Waals surface area (Å²) in [5.41, 5.74) is 0. The quantitative estimate of drug-likeness (QED) is 0.807. The largest absolute Gasteiger partial charge is 0.343 e. The summed E-state index contributed by atoms with van der Waals surface area (Å²) in [7, 11) is 0. The van der Waals surface area contributed by atoms with E-state index in [1.807, 2.05) is 11.0 Å². The van der Waals surface area contributed by atoms with Crippen molar-refractivity contribution in [3.05, 3.63) is 18.5 Å². The van der Waals surface area contributed by atoms with Gasteiger partial charge in [-0.2, -0.15) is 0 Å². The standard InChI is InChI=1S/C16H26N4O/c1-3-5-11-19(4-2)15(21)14-8-6-12-20(13-14)16-17-9-7-10-18-16/h7,9-10,14H,3-6,8,11-13H2,1-2H3. The van der Waals surface area contributed by atoms with Crippen LogP contribution in [0.3, 0.4) is 0 Å². The van der Waals surface area contributed by atoms with Crippen LogP contribution in [-0.2, 0) is 4.79 Å². The third-order valence-corrected chi connectivity index (χ3v) is 4.08. The van der Waals surface area contributed by atoms with E-state index >= 15 is 0 Å². The third kappa shape index (κ3) is 4.16. The molecule has 1 saturated heterocycles. The Morgan fingerprint density at radius 3 is 2.81 bits per heavy atom. The van der Waals surface area contributed by atoms with Crippen LogP contribution in [0.5, 0.6) is 0 Å². The molecule has 1 aliphatic heterocycles. The minimum Gasteiger partial charge on any atom is -0.343 e. The zero-order valence-corrected chi connectivity index (χ0v) is 13.2. The summed E-state index contributed by atoms with van der Waals surface area (Å²) in [4.78, 5) is 25.4. The highest BCUT2D eigenvalue weighted by atomic mass is 16.2. The van der Waals surface area contributed by atoms with E-state index in [-0.39, 0.29) is 5.92 Å². The van der Waals surface area contributed by atoms with E-state index < -0.39 is 0 Å². The van der Waals surface area contributed by atoms with Crippen LogP contribution in [0.4, 0.5) is 5.95 Å². The molecule has 1 amide bonds. The Morgan fingerprint density at radius 2 is 2.14 bits per heavy atom. The highest BCUT2D eigenvalue weighted by molar-refractivity contribution is 5.79. The fraction of sp³-hybridized carbons (Fsp3) is 0.688. The lowest BCUT2D eigenvalue weighted by Gasteiger charge is -2.34. The van der Waals surface area contributed by atoms with Gasteiger partial charge in [-0.05, 0) is 32.3 Å². The van der Waals surface area contributed by atoms with Gasteiger partial charge in [-0.3, -0.25) is 4.79 Å². The van der Waals surface area contributed by atoms with Gasteiger partial charge in [-0.1, -0.05) is 13.3 Å². The van der Waals surface area contributed by atoms with Crippen molar-refractivity contribution in [2.45, 2.75) is 39.5 Å². The van der Waals surface area contributed by atoms with Crippen LogP contribution in [0, 0.1) is 5.92 Å². The number of unbranched alkanes of at least 4 members (excludes halogenated alkanes) is 1. The van der Waals surface area contributed by atoms with E-state index in [2.05, 4.69) is 28.7 Å². The summed E-state index contributed by atoms with van der Waals surface area (Å²) in [6, 6.07) is 1.82. The molecular formula is C16H26N4O. The van der Waals surface area contributed by atoms with E-state index in [1.54, 1.807) is 12.4 Å². The molecule has 0 saturated carbocycles. The number of nitrogens with zero attached hydrogens (tertiary/aromatic N) is 4. The molecule has 1 aromatic rings. The van der Waals surface area contributed by atoms with Crippen molar-refractivity contribution in [1.82, 2.24) is 14.9 Å². The number of aromatic nitrogens is 2. The SMILES string of the molecule is CCCCN(CC)C(=O)C1CCCN(c2ncccn2)C1. The number of rotatable bonds is 6. The number of anilines is 1. The lowest BCUT2D eigenvalue weighted by atomic mass is 9.96. The molecule has 2 rings (SSSR count). The fourth-order valence-corrected chi connectivity index (χ4v) is 2.85. The second-order valence-electron chi connectivity index (χ2n) is 5.61. The number of hydrogen-bond acceptors (Lipinski definition) is 4. The normalized spacial score (nSPS) is 18.6. The number of carbonyl (C=O) groups is 1. The fourth-order valence-electron chi connectivity index (χ4n) is 2.85.